The molecule has 11 heteroatoms. The molecule has 0 saturated carbocycles. The number of carbonyl (C=O) groups is 1. The van der Waals surface area contributed by atoms with E-state index in [2.05, 4.69) is 15.5 Å². The van der Waals surface area contributed by atoms with E-state index in [9.17, 15) is 17.6 Å². The Hall–Kier alpha value is -4.64. The molecule has 0 fully saturated rings. The Bertz CT molecular complexity index is 1780. The van der Waals surface area contributed by atoms with Crippen molar-refractivity contribution < 1.29 is 17.6 Å². The molecule has 0 saturated heterocycles. The van der Waals surface area contributed by atoms with Gasteiger partial charge in [0.1, 0.15) is 5.82 Å². The van der Waals surface area contributed by atoms with Crippen LogP contribution in [-0.2, 0) is 23.1 Å². The van der Waals surface area contributed by atoms with Crippen molar-refractivity contribution >= 4 is 33.7 Å². The van der Waals surface area contributed by atoms with Gasteiger partial charge in [0.15, 0.2) is 0 Å². The molecule has 0 atom stereocenters. The summed E-state index contributed by atoms with van der Waals surface area (Å²) >= 11 is 5.95. The fourth-order valence-electron chi connectivity index (χ4n) is 4.11. The zero-order chi connectivity index (χ0) is 29.5. The number of rotatable bonds is 10. The first-order chi connectivity index (χ1) is 20.3. The predicted molar refractivity (Wildman–Crippen MR) is 159 cm³/mol. The van der Waals surface area contributed by atoms with Crippen molar-refractivity contribution in [3.8, 4) is 5.69 Å². The van der Waals surface area contributed by atoms with E-state index < -0.39 is 21.7 Å². The minimum absolute atomic E-state index is 0.0193. The lowest BCUT2D eigenvalue weighted by atomic mass is 10.1. The van der Waals surface area contributed by atoms with E-state index in [4.69, 9.17) is 11.6 Å². The van der Waals surface area contributed by atoms with E-state index in [0.29, 0.717) is 21.7 Å². The second-order valence-electron chi connectivity index (χ2n) is 9.31. The van der Waals surface area contributed by atoms with Crippen molar-refractivity contribution in [2.45, 2.75) is 18.0 Å². The van der Waals surface area contributed by atoms with Crippen LogP contribution in [0.5, 0.6) is 0 Å². The maximum Gasteiger partial charge on any atom is 0.271 e. The summed E-state index contributed by atoms with van der Waals surface area (Å²) in [5, 5.41) is 4.46. The van der Waals surface area contributed by atoms with Crippen LogP contribution >= 0.6 is 11.6 Å². The van der Waals surface area contributed by atoms with Gasteiger partial charge in [-0.05, 0) is 77.4 Å². The van der Waals surface area contributed by atoms with Gasteiger partial charge in [0.2, 0.25) is 10.0 Å². The number of sulfonamides is 1. The van der Waals surface area contributed by atoms with Crippen LogP contribution in [0.3, 0.4) is 0 Å². The summed E-state index contributed by atoms with van der Waals surface area (Å²) < 4.78 is 43.7. The second kappa shape index (κ2) is 12.9. The lowest BCUT2D eigenvalue weighted by molar-refractivity contribution is 0.0955. The van der Waals surface area contributed by atoms with Crippen molar-refractivity contribution in [1.29, 1.82) is 0 Å². The molecule has 1 aromatic heterocycles. The van der Waals surface area contributed by atoms with Crippen LogP contribution in [0, 0.1) is 5.82 Å². The molecule has 8 nitrogen and oxygen atoms in total. The summed E-state index contributed by atoms with van der Waals surface area (Å²) in [6, 6.07) is 25.7. The number of hydrogen-bond acceptors (Lipinski definition) is 5. The van der Waals surface area contributed by atoms with Crippen molar-refractivity contribution in [3.05, 3.63) is 149 Å². The lowest BCUT2D eigenvalue weighted by Gasteiger charge is -2.23. The van der Waals surface area contributed by atoms with Gasteiger partial charge in [-0.1, -0.05) is 48.0 Å². The molecule has 1 amide bonds. The standard InChI is InChI=1S/C31H25ClFN5O3S/c32-27-9-15-30(16-10-27)42(40,41)38(21-25-3-11-28(33)12-4-25)20-24-1-7-26(8-2-24)31(39)36-35-19-23-5-13-29(14-6-23)37-18-17-34-22-37/h1-19,22H,20-21H2,(H,36,39). The summed E-state index contributed by atoms with van der Waals surface area (Å²) in [6.45, 7) is 0.0446. The number of hydrogen-bond donors (Lipinski definition) is 1. The van der Waals surface area contributed by atoms with E-state index in [1.165, 1.54) is 40.7 Å². The summed E-state index contributed by atoms with van der Waals surface area (Å²) in [5.41, 5.74) is 5.90. The Labute approximate surface area is 247 Å². The predicted octanol–water partition coefficient (Wildman–Crippen LogP) is 5.82. The normalized spacial score (nSPS) is 11.7. The van der Waals surface area contributed by atoms with Crippen LogP contribution in [0.25, 0.3) is 5.69 Å². The highest BCUT2D eigenvalue weighted by Crippen LogP contribution is 2.23. The fraction of sp³-hybridized carbons (Fsp3) is 0.0645. The molecule has 42 heavy (non-hydrogen) atoms. The van der Waals surface area contributed by atoms with Crippen molar-refractivity contribution in [2.24, 2.45) is 5.10 Å². The summed E-state index contributed by atoms with van der Waals surface area (Å²) in [7, 11) is -3.93. The van der Waals surface area contributed by atoms with Crippen LogP contribution in [0.2, 0.25) is 5.02 Å². The fourth-order valence-corrected chi connectivity index (χ4v) is 5.66. The van der Waals surface area contributed by atoms with Crippen LogP contribution in [0.1, 0.15) is 27.0 Å². The van der Waals surface area contributed by atoms with E-state index in [0.717, 1.165) is 11.3 Å². The molecule has 1 N–H and O–H groups in total. The molecule has 212 valence electrons. The summed E-state index contributed by atoms with van der Waals surface area (Å²) in [4.78, 5) is 16.7. The number of nitrogens with zero attached hydrogens (tertiary/aromatic N) is 4. The molecule has 5 aromatic rings. The number of halogens is 2. The van der Waals surface area contributed by atoms with E-state index in [1.807, 2.05) is 35.0 Å². The van der Waals surface area contributed by atoms with Crippen molar-refractivity contribution in [3.63, 3.8) is 0 Å². The lowest BCUT2D eigenvalue weighted by Crippen LogP contribution is -2.30. The molecular weight excluding hydrogens is 577 g/mol. The summed E-state index contributed by atoms with van der Waals surface area (Å²) in [5.74, 6) is -0.822. The van der Waals surface area contributed by atoms with Gasteiger partial charge in [0.05, 0.1) is 17.4 Å². The Kier molecular flexibility index (Phi) is 8.87. The quantitative estimate of drug-likeness (QED) is 0.161. The van der Waals surface area contributed by atoms with Crippen LogP contribution < -0.4 is 5.43 Å². The smallest absolute Gasteiger partial charge is 0.271 e. The third-order valence-corrected chi connectivity index (χ3v) is 8.43. The Morgan fingerprint density at radius 1 is 0.905 bits per heavy atom. The average Bonchev–Trinajstić information content (AvgIpc) is 3.54. The molecule has 0 spiro atoms. The zero-order valence-electron chi connectivity index (χ0n) is 22.1. The van der Waals surface area contributed by atoms with Gasteiger partial charge in [-0.2, -0.15) is 9.41 Å². The van der Waals surface area contributed by atoms with Gasteiger partial charge < -0.3 is 4.57 Å². The van der Waals surface area contributed by atoms with E-state index in [-0.39, 0.29) is 18.0 Å². The molecule has 1 heterocycles. The highest BCUT2D eigenvalue weighted by molar-refractivity contribution is 7.89. The molecule has 0 unspecified atom stereocenters. The average molecular weight is 602 g/mol. The topological polar surface area (TPSA) is 96.7 Å². The van der Waals surface area contributed by atoms with E-state index in [1.54, 1.807) is 55.1 Å². The maximum absolute atomic E-state index is 13.5. The summed E-state index contributed by atoms with van der Waals surface area (Å²) in [6.07, 6.45) is 6.79. The van der Waals surface area contributed by atoms with Gasteiger partial charge in [-0.3, -0.25) is 4.79 Å². The maximum atomic E-state index is 13.5. The van der Waals surface area contributed by atoms with Gasteiger partial charge in [-0.25, -0.2) is 23.2 Å². The molecule has 5 rings (SSSR count). The highest BCUT2D eigenvalue weighted by atomic mass is 35.5. The van der Waals surface area contributed by atoms with Crippen LogP contribution in [0.15, 0.2) is 126 Å². The Balaban J connectivity index is 1.26. The zero-order valence-corrected chi connectivity index (χ0v) is 23.7. The monoisotopic (exact) mass is 601 g/mol. The SMILES string of the molecule is O=C(NN=Cc1ccc(-n2ccnc2)cc1)c1ccc(CN(Cc2ccc(F)cc2)S(=O)(=O)c2ccc(Cl)cc2)cc1. The number of imidazole rings is 1. The first-order valence-corrected chi connectivity index (χ1v) is 14.6. The Morgan fingerprint density at radius 2 is 1.52 bits per heavy atom. The third kappa shape index (κ3) is 7.16. The van der Waals surface area contributed by atoms with Gasteiger partial charge in [0, 0.05) is 41.8 Å². The number of amides is 1. The largest absolute Gasteiger partial charge is 0.306 e. The van der Waals surface area contributed by atoms with Crippen molar-refractivity contribution in [2.75, 3.05) is 0 Å². The molecule has 4 aromatic carbocycles. The highest BCUT2D eigenvalue weighted by Gasteiger charge is 2.25. The minimum atomic E-state index is -3.93. The van der Waals surface area contributed by atoms with E-state index >= 15 is 0 Å². The Morgan fingerprint density at radius 3 is 2.12 bits per heavy atom. The third-order valence-electron chi connectivity index (χ3n) is 6.37. The second-order valence-corrected chi connectivity index (χ2v) is 11.7. The first kappa shape index (κ1) is 28.9. The number of benzene rings is 4. The first-order valence-electron chi connectivity index (χ1n) is 12.8. The molecule has 0 aliphatic carbocycles. The minimum Gasteiger partial charge on any atom is -0.306 e. The van der Waals surface area contributed by atoms with Crippen molar-refractivity contribution in [1.82, 2.24) is 19.3 Å². The molecular formula is C31H25ClFN5O3S. The molecule has 0 radical (unpaired) electrons. The number of aromatic nitrogens is 2. The number of carbonyl (C=O) groups excluding carboxylic acids is 1. The molecule has 0 bridgehead atoms. The number of hydrazone groups is 1. The number of nitrogens with one attached hydrogen (secondary N) is 1. The molecule has 0 aliphatic rings. The molecule has 0 aliphatic heterocycles. The van der Waals surface area contributed by atoms with Gasteiger partial charge in [-0.15, -0.1) is 0 Å². The van der Waals surface area contributed by atoms with Crippen LogP contribution in [0.4, 0.5) is 4.39 Å². The van der Waals surface area contributed by atoms with Gasteiger partial charge >= 0.3 is 0 Å². The van der Waals surface area contributed by atoms with Gasteiger partial charge in [0.25, 0.3) is 5.91 Å². The van der Waals surface area contributed by atoms with Crippen LogP contribution in [-0.4, -0.2) is 34.4 Å².